The fourth-order valence-electron chi connectivity index (χ4n) is 3.17. The average Bonchev–Trinajstić information content (AvgIpc) is 3.02. The largest absolute Gasteiger partial charge is 0.376 e. The number of benzene rings is 3. The van der Waals surface area contributed by atoms with Crippen molar-refractivity contribution in [2.45, 2.75) is 0 Å². The highest BCUT2D eigenvalue weighted by Gasteiger charge is 2.04. The highest BCUT2D eigenvalue weighted by atomic mass is 16.2. The van der Waals surface area contributed by atoms with Crippen LogP contribution >= 0.6 is 0 Å². The summed E-state index contributed by atoms with van der Waals surface area (Å²) in [5.74, 6) is -0.195. The van der Waals surface area contributed by atoms with Gasteiger partial charge in [0.05, 0.1) is 12.8 Å². The average molecular weight is 356 g/mol. The molecular weight excluding hydrogens is 336 g/mol. The van der Waals surface area contributed by atoms with E-state index < -0.39 is 0 Å². The first kappa shape index (κ1) is 16.8. The van der Waals surface area contributed by atoms with Gasteiger partial charge in [0.1, 0.15) is 0 Å². The number of aromatic nitrogens is 1. The Morgan fingerprint density at radius 2 is 1.81 bits per heavy atom. The molecule has 5 nitrogen and oxygen atoms in total. The first-order valence-corrected chi connectivity index (χ1v) is 8.79. The Hall–Kier alpha value is -3.60. The molecule has 4 rings (SSSR count). The summed E-state index contributed by atoms with van der Waals surface area (Å²) in [5.41, 5.74) is 5.57. The zero-order valence-electron chi connectivity index (χ0n) is 15.0. The number of rotatable bonds is 5. The lowest BCUT2D eigenvalue weighted by molar-refractivity contribution is -0.119. The van der Waals surface area contributed by atoms with Crippen molar-refractivity contribution >= 4 is 39.5 Å². The molecule has 134 valence electrons. The molecule has 3 aromatic carbocycles. The van der Waals surface area contributed by atoms with E-state index in [4.69, 9.17) is 0 Å². The van der Waals surface area contributed by atoms with E-state index in [1.165, 1.54) is 5.39 Å². The number of para-hydroxylation sites is 1. The molecule has 1 heterocycles. The highest BCUT2D eigenvalue weighted by Crippen LogP contribution is 2.19. The highest BCUT2D eigenvalue weighted by molar-refractivity contribution is 5.99. The van der Waals surface area contributed by atoms with Crippen molar-refractivity contribution < 1.29 is 4.79 Å². The number of nitrogens with one attached hydrogen (secondary N) is 2. The molecule has 0 saturated heterocycles. The number of hydrazone groups is 1. The summed E-state index contributed by atoms with van der Waals surface area (Å²) in [5, 5.41) is 10.6. The fraction of sp³-hybridized carbons (Fsp3) is 0.0909. The summed E-state index contributed by atoms with van der Waals surface area (Å²) in [6.07, 6.45) is 3.67. The lowest BCUT2D eigenvalue weighted by Gasteiger charge is -2.06. The molecule has 0 unspecified atom stereocenters. The molecule has 2 N–H and O–H groups in total. The number of hydrogen-bond acceptors (Lipinski definition) is 3. The number of aryl methyl sites for hydroxylation is 1. The number of fused-ring (bicyclic) bond motifs is 2. The molecule has 0 aliphatic heterocycles. The Balaban J connectivity index is 1.36. The maximum absolute atomic E-state index is 12.0. The fourth-order valence-corrected chi connectivity index (χ4v) is 3.17. The lowest BCUT2D eigenvalue weighted by Crippen LogP contribution is -2.25. The van der Waals surface area contributed by atoms with Gasteiger partial charge in [-0.2, -0.15) is 5.10 Å². The molecule has 1 amide bonds. The summed E-state index contributed by atoms with van der Waals surface area (Å²) in [6.45, 7) is 0.158. The third kappa shape index (κ3) is 3.67. The Bertz CT molecular complexity index is 1140. The molecule has 0 fully saturated rings. The van der Waals surface area contributed by atoms with E-state index in [-0.39, 0.29) is 12.5 Å². The predicted molar refractivity (Wildman–Crippen MR) is 111 cm³/mol. The minimum Gasteiger partial charge on any atom is -0.376 e. The lowest BCUT2D eigenvalue weighted by atomic mass is 10.1. The van der Waals surface area contributed by atoms with Gasteiger partial charge in [-0.1, -0.05) is 48.5 Å². The van der Waals surface area contributed by atoms with E-state index in [1.807, 2.05) is 66.3 Å². The van der Waals surface area contributed by atoms with Crippen LogP contribution in [0.4, 0.5) is 5.69 Å². The van der Waals surface area contributed by atoms with Gasteiger partial charge in [0.15, 0.2) is 0 Å². The van der Waals surface area contributed by atoms with Gasteiger partial charge in [-0.3, -0.25) is 4.79 Å². The number of hydrogen-bond donors (Lipinski definition) is 2. The van der Waals surface area contributed by atoms with Crippen molar-refractivity contribution in [2.75, 3.05) is 11.9 Å². The topological polar surface area (TPSA) is 58.4 Å². The second-order valence-corrected chi connectivity index (χ2v) is 6.42. The summed E-state index contributed by atoms with van der Waals surface area (Å²) in [7, 11) is 1.99. The van der Waals surface area contributed by atoms with Crippen LogP contribution in [0, 0.1) is 0 Å². The second-order valence-electron chi connectivity index (χ2n) is 6.42. The second kappa shape index (κ2) is 7.33. The molecule has 0 aliphatic rings. The molecule has 4 aromatic rings. The van der Waals surface area contributed by atoms with Crippen LogP contribution < -0.4 is 10.7 Å². The maximum Gasteiger partial charge on any atom is 0.259 e. The van der Waals surface area contributed by atoms with Crippen molar-refractivity contribution in [2.24, 2.45) is 12.1 Å². The zero-order chi connectivity index (χ0) is 18.6. The van der Waals surface area contributed by atoms with Gasteiger partial charge in [-0.25, -0.2) is 5.43 Å². The first-order chi connectivity index (χ1) is 13.2. The minimum atomic E-state index is -0.195. The van der Waals surface area contributed by atoms with Crippen molar-refractivity contribution in [1.82, 2.24) is 9.99 Å². The minimum absolute atomic E-state index is 0.158. The number of carbonyl (C=O) groups excluding carboxylic acids is 1. The molecule has 5 heteroatoms. The van der Waals surface area contributed by atoms with Gasteiger partial charge in [0, 0.05) is 35.4 Å². The normalized spacial score (nSPS) is 11.3. The van der Waals surface area contributed by atoms with Crippen LogP contribution in [0.15, 0.2) is 78.0 Å². The van der Waals surface area contributed by atoms with Gasteiger partial charge >= 0.3 is 0 Å². The monoisotopic (exact) mass is 356 g/mol. The molecule has 27 heavy (non-hydrogen) atoms. The number of carbonyl (C=O) groups is 1. The maximum atomic E-state index is 12.0. The van der Waals surface area contributed by atoms with Gasteiger partial charge in [-0.15, -0.1) is 0 Å². The molecule has 0 bridgehead atoms. The van der Waals surface area contributed by atoms with Crippen LogP contribution in [0.5, 0.6) is 0 Å². The van der Waals surface area contributed by atoms with E-state index in [0.717, 1.165) is 27.5 Å². The third-order valence-electron chi connectivity index (χ3n) is 4.52. The van der Waals surface area contributed by atoms with E-state index >= 15 is 0 Å². The molecule has 0 aliphatic carbocycles. The van der Waals surface area contributed by atoms with E-state index in [2.05, 4.69) is 34.0 Å². The summed E-state index contributed by atoms with van der Waals surface area (Å²) >= 11 is 0. The van der Waals surface area contributed by atoms with Crippen LogP contribution in [0.25, 0.3) is 21.7 Å². The third-order valence-corrected chi connectivity index (χ3v) is 4.52. The molecule has 0 atom stereocenters. The summed E-state index contributed by atoms with van der Waals surface area (Å²) in [6, 6.07) is 22.2. The van der Waals surface area contributed by atoms with Crippen molar-refractivity contribution in [3.8, 4) is 0 Å². The summed E-state index contributed by atoms with van der Waals surface area (Å²) < 4.78 is 2.04. The smallest absolute Gasteiger partial charge is 0.259 e. The SMILES string of the molecule is Cn1cc(/C=N/NC(=O)CNc2ccc3ccccc3c2)c2ccccc21. The first-order valence-electron chi connectivity index (χ1n) is 8.79. The van der Waals surface area contributed by atoms with Crippen LogP contribution in [-0.4, -0.2) is 23.2 Å². The predicted octanol–water partition coefficient (Wildman–Crippen LogP) is 3.89. The molecule has 0 radical (unpaired) electrons. The van der Waals surface area contributed by atoms with Gasteiger partial charge in [0.25, 0.3) is 5.91 Å². The summed E-state index contributed by atoms with van der Waals surface area (Å²) in [4.78, 5) is 12.0. The molecule has 1 aromatic heterocycles. The van der Waals surface area contributed by atoms with E-state index in [9.17, 15) is 4.79 Å². The molecule has 0 spiro atoms. The quantitative estimate of drug-likeness (QED) is 0.421. The van der Waals surface area contributed by atoms with Gasteiger partial charge in [-0.05, 0) is 29.0 Å². The van der Waals surface area contributed by atoms with Crippen LogP contribution in [-0.2, 0) is 11.8 Å². The Labute approximate surface area is 157 Å². The van der Waals surface area contributed by atoms with Crippen LogP contribution in [0.1, 0.15) is 5.56 Å². The Kier molecular flexibility index (Phi) is 4.58. The standard InChI is InChI=1S/C22H20N4O/c1-26-15-18(20-8-4-5-9-21(20)26)13-24-25-22(27)14-23-19-11-10-16-6-2-3-7-17(16)12-19/h2-13,15,23H,14H2,1H3,(H,25,27)/b24-13+. The van der Waals surface area contributed by atoms with Crippen molar-refractivity contribution in [3.05, 3.63) is 78.5 Å². The van der Waals surface area contributed by atoms with Gasteiger partial charge in [0.2, 0.25) is 0 Å². The Morgan fingerprint density at radius 1 is 1.04 bits per heavy atom. The molecular formula is C22H20N4O. The number of amides is 1. The number of nitrogens with zero attached hydrogens (tertiary/aromatic N) is 2. The number of anilines is 1. The van der Waals surface area contributed by atoms with E-state index in [0.29, 0.717) is 0 Å². The zero-order valence-corrected chi connectivity index (χ0v) is 15.0. The van der Waals surface area contributed by atoms with Crippen LogP contribution in [0.3, 0.4) is 0 Å². The molecule has 0 saturated carbocycles. The van der Waals surface area contributed by atoms with Gasteiger partial charge < -0.3 is 9.88 Å². The Morgan fingerprint density at radius 3 is 2.70 bits per heavy atom. The van der Waals surface area contributed by atoms with Crippen molar-refractivity contribution in [3.63, 3.8) is 0 Å². The van der Waals surface area contributed by atoms with E-state index in [1.54, 1.807) is 6.21 Å². The van der Waals surface area contributed by atoms with Crippen molar-refractivity contribution in [1.29, 1.82) is 0 Å². The van der Waals surface area contributed by atoms with Crippen LogP contribution in [0.2, 0.25) is 0 Å².